The molecule has 0 heterocycles. The molecule has 3 aliphatic rings. The van der Waals surface area contributed by atoms with Gasteiger partial charge >= 0.3 is 6.16 Å². The zero-order valence-corrected chi connectivity index (χ0v) is 22.8. The number of carbonyl (C=O) groups excluding carboxylic acids is 3. The molecule has 11 heteroatoms. The predicted molar refractivity (Wildman–Crippen MR) is 137 cm³/mol. The Morgan fingerprint density at radius 3 is 2.41 bits per heavy atom. The molecule has 0 aromatic heterocycles. The van der Waals surface area contributed by atoms with Crippen LogP contribution in [0, 0.1) is 24.2 Å². The van der Waals surface area contributed by atoms with Crippen molar-refractivity contribution in [2.45, 2.75) is 64.8 Å². The molecule has 0 fully saturated rings. The fourth-order valence-electron chi connectivity index (χ4n) is 6.34. The van der Waals surface area contributed by atoms with Crippen LogP contribution < -0.4 is 10.5 Å². The highest BCUT2D eigenvalue weighted by Gasteiger charge is 2.65. The lowest BCUT2D eigenvalue weighted by Gasteiger charge is -2.55. The topological polar surface area (TPSA) is 186 Å². The van der Waals surface area contributed by atoms with E-state index in [4.69, 9.17) is 19.9 Å². The highest BCUT2D eigenvalue weighted by Crippen LogP contribution is 2.59. The molecule has 6 N–H and O–H groups in total. The highest BCUT2D eigenvalue weighted by molar-refractivity contribution is 6.14. The van der Waals surface area contributed by atoms with Crippen molar-refractivity contribution >= 4 is 17.8 Å². The van der Waals surface area contributed by atoms with Gasteiger partial charge in [0.2, 0.25) is 0 Å². The molecule has 4 rings (SSSR count). The number of hydrogen-bond donors (Lipinski definition) is 5. The normalized spacial score (nSPS) is 30.4. The zero-order chi connectivity index (χ0) is 29.2. The van der Waals surface area contributed by atoms with E-state index < -0.39 is 69.5 Å². The Kier molecular flexibility index (Phi) is 6.86. The average molecular weight is 546 g/mol. The first kappa shape index (κ1) is 28.6. The van der Waals surface area contributed by atoms with Gasteiger partial charge in [0, 0.05) is 29.9 Å². The van der Waals surface area contributed by atoms with Gasteiger partial charge in [-0.2, -0.15) is 0 Å². The van der Waals surface area contributed by atoms with Gasteiger partial charge in [0.05, 0.1) is 17.7 Å². The number of aryl methyl sites for hydroxylation is 1. The van der Waals surface area contributed by atoms with Crippen LogP contribution in [0.4, 0.5) is 4.79 Å². The number of ether oxygens (including phenoxy) is 3. The van der Waals surface area contributed by atoms with Crippen LogP contribution in [-0.4, -0.2) is 69.3 Å². The number of allylic oxidation sites excluding steroid dienone is 1. The van der Waals surface area contributed by atoms with Gasteiger partial charge in [-0.1, -0.05) is 13.0 Å². The molecule has 5 atom stereocenters. The molecule has 3 aliphatic carbocycles. The SMILES string of the molecule is COC[C@@]12Cc3c(C)ccc(OC(=O)OC(C)(C)C)c3C(=O)C1=C(O)[C@]1(O)C(O)C(C(N)=O)=C(O)[C@@H](C)[C@@H]1C2. The molecule has 1 aromatic rings. The van der Waals surface area contributed by atoms with Crippen molar-refractivity contribution in [1.82, 2.24) is 0 Å². The smallest absolute Gasteiger partial charge is 0.511 e. The Balaban J connectivity index is 1.94. The summed E-state index contributed by atoms with van der Waals surface area (Å²) in [7, 11) is 1.43. The fraction of sp³-hybridized carbons (Fsp3) is 0.536. The number of amides is 1. The van der Waals surface area contributed by atoms with E-state index in [-0.39, 0.29) is 36.3 Å². The summed E-state index contributed by atoms with van der Waals surface area (Å²) in [5.41, 5.74) is 1.27. The van der Waals surface area contributed by atoms with Gasteiger partial charge in [0.1, 0.15) is 29.0 Å². The van der Waals surface area contributed by atoms with E-state index in [1.54, 1.807) is 33.8 Å². The molecule has 1 aromatic carbocycles. The Bertz CT molecular complexity index is 1320. The highest BCUT2D eigenvalue weighted by atomic mass is 16.7. The second kappa shape index (κ2) is 9.35. The van der Waals surface area contributed by atoms with Crippen molar-refractivity contribution in [1.29, 1.82) is 0 Å². The number of fused-ring (bicyclic) bond motifs is 3. The van der Waals surface area contributed by atoms with Crippen molar-refractivity contribution in [2.24, 2.45) is 23.0 Å². The Hall–Kier alpha value is -3.41. The minimum atomic E-state index is -2.51. The van der Waals surface area contributed by atoms with Crippen LogP contribution in [0.1, 0.15) is 55.6 Å². The lowest BCUT2D eigenvalue weighted by molar-refractivity contribution is -0.149. The first-order valence-corrected chi connectivity index (χ1v) is 12.6. The molecule has 1 amide bonds. The molecule has 39 heavy (non-hydrogen) atoms. The van der Waals surface area contributed by atoms with Gasteiger partial charge in [0.15, 0.2) is 11.4 Å². The summed E-state index contributed by atoms with van der Waals surface area (Å²) in [6.45, 7) is 8.26. The summed E-state index contributed by atoms with van der Waals surface area (Å²) in [4.78, 5) is 38.8. The molecular formula is C28H35NO10. The molecule has 0 spiro atoms. The number of aliphatic hydroxyl groups excluding tert-OH is 3. The summed E-state index contributed by atoms with van der Waals surface area (Å²) in [6, 6.07) is 3.14. The van der Waals surface area contributed by atoms with E-state index in [1.807, 2.05) is 0 Å². The Morgan fingerprint density at radius 2 is 1.85 bits per heavy atom. The number of primary amides is 1. The van der Waals surface area contributed by atoms with Crippen LogP contribution in [0.25, 0.3) is 0 Å². The van der Waals surface area contributed by atoms with Crippen LogP contribution in [-0.2, 0) is 20.7 Å². The number of benzene rings is 1. The summed E-state index contributed by atoms with van der Waals surface area (Å²) in [5.74, 6) is -5.25. The second-order valence-electron chi connectivity index (χ2n) is 11.7. The van der Waals surface area contributed by atoms with Crippen molar-refractivity contribution in [3.8, 4) is 5.75 Å². The van der Waals surface area contributed by atoms with E-state index in [1.165, 1.54) is 20.1 Å². The number of methoxy groups -OCH3 is 1. The largest absolute Gasteiger partial charge is 0.514 e. The first-order valence-electron chi connectivity index (χ1n) is 12.6. The summed E-state index contributed by atoms with van der Waals surface area (Å²) >= 11 is 0. The van der Waals surface area contributed by atoms with E-state index in [0.717, 1.165) is 5.56 Å². The van der Waals surface area contributed by atoms with Gasteiger partial charge in [0.25, 0.3) is 5.91 Å². The van der Waals surface area contributed by atoms with Crippen LogP contribution in [0.5, 0.6) is 5.75 Å². The second-order valence-corrected chi connectivity index (χ2v) is 11.7. The number of Topliss-reactive ketones (excluding diaryl/α,β-unsaturated/α-hetero) is 1. The Labute approximate surface area is 225 Å². The van der Waals surface area contributed by atoms with Crippen molar-refractivity contribution in [3.63, 3.8) is 0 Å². The molecular weight excluding hydrogens is 510 g/mol. The number of carbonyl (C=O) groups is 3. The van der Waals surface area contributed by atoms with E-state index in [0.29, 0.717) is 5.56 Å². The van der Waals surface area contributed by atoms with Gasteiger partial charge in [-0.15, -0.1) is 0 Å². The maximum atomic E-state index is 14.2. The van der Waals surface area contributed by atoms with Crippen molar-refractivity contribution in [2.75, 3.05) is 13.7 Å². The Morgan fingerprint density at radius 1 is 1.21 bits per heavy atom. The lowest BCUT2D eigenvalue weighted by Crippen LogP contribution is -2.64. The zero-order valence-electron chi connectivity index (χ0n) is 22.8. The quantitative estimate of drug-likeness (QED) is 0.278. The van der Waals surface area contributed by atoms with Gasteiger partial charge in [-0.3, -0.25) is 9.59 Å². The third-order valence-corrected chi connectivity index (χ3v) is 8.07. The van der Waals surface area contributed by atoms with Crippen LogP contribution in [0.2, 0.25) is 0 Å². The predicted octanol–water partition coefficient (Wildman–Crippen LogP) is 2.55. The fourth-order valence-corrected chi connectivity index (χ4v) is 6.34. The molecule has 0 aliphatic heterocycles. The molecule has 11 nitrogen and oxygen atoms in total. The number of rotatable bonds is 4. The van der Waals surface area contributed by atoms with Gasteiger partial charge in [-0.05, 0) is 57.7 Å². The maximum Gasteiger partial charge on any atom is 0.514 e. The molecule has 0 saturated carbocycles. The average Bonchev–Trinajstić information content (AvgIpc) is 2.80. The number of nitrogens with two attached hydrogens (primary N) is 1. The monoisotopic (exact) mass is 545 g/mol. The van der Waals surface area contributed by atoms with Gasteiger partial charge in [-0.25, -0.2) is 4.79 Å². The van der Waals surface area contributed by atoms with E-state index >= 15 is 0 Å². The van der Waals surface area contributed by atoms with E-state index in [9.17, 15) is 34.8 Å². The minimum Gasteiger partial charge on any atom is -0.511 e. The molecule has 0 radical (unpaired) electrons. The molecule has 0 saturated heterocycles. The van der Waals surface area contributed by atoms with Gasteiger partial charge < -0.3 is 40.4 Å². The number of hydrogen-bond acceptors (Lipinski definition) is 10. The minimum absolute atomic E-state index is 0.00282. The maximum absolute atomic E-state index is 14.2. The number of aliphatic hydroxyl groups is 4. The van der Waals surface area contributed by atoms with Crippen LogP contribution >= 0.6 is 0 Å². The van der Waals surface area contributed by atoms with Crippen molar-refractivity contribution < 1.29 is 49.0 Å². The molecule has 212 valence electrons. The first-order chi connectivity index (χ1) is 18.0. The third-order valence-electron chi connectivity index (χ3n) is 8.07. The molecule has 0 bridgehead atoms. The third kappa shape index (κ3) is 4.29. The standard InChI is InChI=1S/C28H35NO10/c1-12-7-8-16(38-25(35)39-26(3,4)5)17-14(12)9-27(11-37-6)10-15-13(2)20(30)18(24(29)34)22(32)28(15,36)23(33)19(27)21(17)31/h7-8,13,15,22,30,32-33,36H,9-11H2,1-6H3,(H2,29,34)/t13-,15-,22?,27-,28+/m0/s1. The van der Waals surface area contributed by atoms with E-state index in [2.05, 4.69) is 0 Å². The van der Waals surface area contributed by atoms with Crippen LogP contribution in [0.15, 0.2) is 34.8 Å². The summed E-state index contributed by atoms with van der Waals surface area (Å²) < 4.78 is 16.2. The van der Waals surface area contributed by atoms with Crippen molar-refractivity contribution in [3.05, 3.63) is 51.5 Å². The lowest BCUT2D eigenvalue weighted by atomic mass is 9.51. The summed E-state index contributed by atoms with van der Waals surface area (Å²) in [6.07, 6.45) is -2.97. The number of ketones is 1. The molecule has 1 unspecified atom stereocenters. The van der Waals surface area contributed by atoms with Crippen LogP contribution in [0.3, 0.4) is 0 Å². The summed E-state index contributed by atoms with van der Waals surface area (Å²) in [5, 5.41) is 45.2.